The molecule has 0 spiro atoms. The van der Waals surface area contributed by atoms with Crippen molar-refractivity contribution in [2.45, 2.75) is 6.92 Å². The third-order valence-corrected chi connectivity index (χ3v) is 2.75. The molecule has 1 heterocycles. The van der Waals surface area contributed by atoms with Gasteiger partial charge in [-0.25, -0.2) is 0 Å². The first-order valence-corrected chi connectivity index (χ1v) is 4.70. The van der Waals surface area contributed by atoms with Crippen molar-refractivity contribution >= 4 is 23.0 Å². The van der Waals surface area contributed by atoms with Crippen LogP contribution in [0.5, 0.6) is 0 Å². The molecule has 0 aliphatic carbocycles. The van der Waals surface area contributed by atoms with E-state index >= 15 is 0 Å². The van der Waals surface area contributed by atoms with E-state index in [1.807, 2.05) is 42.8 Å². The van der Waals surface area contributed by atoms with Gasteiger partial charge in [0.2, 0.25) is 5.78 Å². The second-order valence-electron chi connectivity index (χ2n) is 3.52. The zero-order valence-corrected chi connectivity index (χ0v) is 8.65. The summed E-state index contributed by atoms with van der Waals surface area (Å²) in [6, 6.07) is 7.57. The normalized spacial score (nSPS) is 10.5. The first kappa shape index (κ1) is 9.65. The zero-order chi connectivity index (χ0) is 11.0. The van der Waals surface area contributed by atoms with Crippen LogP contribution in [0.1, 0.15) is 16.1 Å². The maximum absolute atomic E-state index is 11.5. The molecule has 0 aliphatic rings. The number of aryl methyl sites for hydroxylation is 1. The Hall–Kier alpha value is -1.90. The molecule has 3 heteroatoms. The molecule has 2 rings (SSSR count). The van der Waals surface area contributed by atoms with Gasteiger partial charge in [0, 0.05) is 23.6 Å². The van der Waals surface area contributed by atoms with Gasteiger partial charge < -0.3 is 4.57 Å². The van der Waals surface area contributed by atoms with Crippen molar-refractivity contribution in [1.82, 2.24) is 4.57 Å². The first-order chi connectivity index (χ1) is 7.16. The van der Waals surface area contributed by atoms with Gasteiger partial charge in [-0.05, 0) is 13.0 Å². The van der Waals surface area contributed by atoms with Crippen LogP contribution in [0.3, 0.4) is 0 Å². The second kappa shape index (κ2) is 3.35. The molecule has 0 bridgehead atoms. The summed E-state index contributed by atoms with van der Waals surface area (Å²) in [5, 5.41) is 0.842. The van der Waals surface area contributed by atoms with E-state index in [1.54, 1.807) is 0 Å². The van der Waals surface area contributed by atoms with E-state index in [4.69, 9.17) is 0 Å². The fraction of sp³-hybridized carbons (Fsp3) is 0.167. The Morgan fingerprint density at radius 1 is 1.33 bits per heavy atom. The molecule has 0 saturated heterocycles. The van der Waals surface area contributed by atoms with E-state index < -0.39 is 5.78 Å². The summed E-state index contributed by atoms with van der Waals surface area (Å²) in [6.07, 6.45) is 0.370. The van der Waals surface area contributed by atoms with Gasteiger partial charge in [0.15, 0.2) is 6.29 Å². The van der Waals surface area contributed by atoms with Crippen LogP contribution in [0.15, 0.2) is 24.3 Å². The van der Waals surface area contributed by atoms with Crippen LogP contribution in [-0.2, 0) is 11.8 Å². The number of aromatic nitrogens is 1. The predicted molar refractivity (Wildman–Crippen MR) is 58.1 cm³/mol. The lowest BCUT2D eigenvalue weighted by Gasteiger charge is -1.97. The Morgan fingerprint density at radius 2 is 2.00 bits per heavy atom. The molecule has 1 aromatic heterocycles. The SMILES string of the molecule is Cc1c(C(=O)C=O)c2ccccc2n1C. The number of carbonyl (C=O) groups is 2. The van der Waals surface area contributed by atoms with E-state index in [9.17, 15) is 9.59 Å². The van der Waals surface area contributed by atoms with Crippen LogP contribution >= 0.6 is 0 Å². The average molecular weight is 201 g/mol. The van der Waals surface area contributed by atoms with Crippen LogP contribution < -0.4 is 0 Å². The highest BCUT2D eigenvalue weighted by atomic mass is 16.2. The molecule has 0 unspecified atom stereocenters. The summed E-state index contributed by atoms with van der Waals surface area (Å²) in [5.74, 6) is -0.454. The highest BCUT2D eigenvalue weighted by molar-refractivity contribution is 6.36. The Labute approximate surface area is 87.3 Å². The van der Waals surface area contributed by atoms with Crippen molar-refractivity contribution in [3.05, 3.63) is 35.5 Å². The number of hydrogen-bond donors (Lipinski definition) is 0. The highest BCUT2D eigenvalue weighted by Crippen LogP contribution is 2.24. The Morgan fingerprint density at radius 3 is 2.67 bits per heavy atom. The number of Topliss-reactive ketones (excluding diaryl/α,β-unsaturated/α-hetero) is 1. The minimum atomic E-state index is -0.454. The van der Waals surface area contributed by atoms with Crippen molar-refractivity contribution in [3.63, 3.8) is 0 Å². The van der Waals surface area contributed by atoms with E-state index in [-0.39, 0.29) is 0 Å². The van der Waals surface area contributed by atoms with Gasteiger partial charge in [-0.3, -0.25) is 9.59 Å². The van der Waals surface area contributed by atoms with Gasteiger partial charge in [0.1, 0.15) is 0 Å². The molecule has 3 nitrogen and oxygen atoms in total. The third kappa shape index (κ3) is 1.28. The number of para-hydroxylation sites is 1. The second-order valence-corrected chi connectivity index (χ2v) is 3.52. The van der Waals surface area contributed by atoms with Crippen molar-refractivity contribution < 1.29 is 9.59 Å². The van der Waals surface area contributed by atoms with Crippen LogP contribution in [0.25, 0.3) is 10.9 Å². The molecule has 0 fully saturated rings. The topological polar surface area (TPSA) is 39.1 Å². The van der Waals surface area contributed by atoms with Crippen molar-refractivity contribution in [3.8, 4) is 0 Å². The Kier molecular flexibility index (Phi) is 2.15. The van der Waals surface area contributed by atoms with E-state index in [0.29, 0.717) is 11.8 Å². The maximum Gasteiger partial charge on any atom is 0.227 e. The molecular weight excluding hydrogens is 190 g/mol. The lowest BCUT2D eigenvalue weighted by atomic mass is 10.1. The average Bonchev–Trinajstić information content (AvgIpc) is 2.52. The van der Waals surface area contributed by atoms with Gasteiger partial charge in [-0.1, -0.05) is 18.2 Å². The highest BCUT2D eigenvalue weighted by Gasteiger charge is 2.16. The molecule has 15 heavy (non-hydrogen) atoms. The summed E-state index contributed by atoms with van der Waals surface area (Å²) in [5.41, 5.74) is 2.32. The summed E-state index contributed by atoms with van der Waals surface area (Å²) in [6.45, 7) is 1.84. The van der Waals surface area contributed by atoms with E-state index in [2.05, 4.69) is 0 Å². The number of carbonyl (C=O) groups excluding carboxylic acids is 2. The molecule has 0 saturated carbocycles. The molecule has 1 aromatic carbocycles. The smallest absolute Gasteiger partial charge is 0.227 e. The standard InChI is InChI=1S/C12H11NO2/c1-8-12(11(15)7-14)9-5-3-4-6-10(9)13(8)2/h3-7H,1-2H3. The number of benzene rings is 1. The maximum atomic E-state index is 11.5. The molecule has 0 atom stereocenters. The lowest BCUT2D eigenvalue weighted by Crippen LogP contribution is -2.02. The number of aldehydes is 1. The molecule has 0 N–H and O–H groups in total. The third-order valence-electron chi connectivity index (χ3n) is 2.75. The van der Waals surface area contributed by atoms with Gasteiger partial charge >= 0.3 is 0 Å². The van der Waals surface area contributed by atoms with Crippen molar-refractivity contribution in [1.29, 1.82) is 0 Å². The predicted octanol–water partition coefficient (Wildman–Crippen LogP) is 1.87. The quantitative estimate of drug-likeness (QED) is 0.422. The van der Waals surface area contributed by atoms with Gasteiger partial charge in [-0.15, -0.1) is 0 Å². The van der Waals surface area contributed by atoms with Crippen LogP contribution in [0.2, 0.25) is 0 Å². The van der Waals surface area contributed by atoms with Gasteiger partial charge in [-0.2, -0.15) is 0 Å². The molecule has 0 aliphatic heterocycles. The van der Waals surface area contributed by atoms with Crippen LogP contribution in [-0.4, -0.2) is 16.6 Å². The number of hydrogen-bond acceptors (Lipinski definition) is 2. The van der Waals surface area contributed by atoms with E-state index in [0.717, 1.165) is 16.6 Å². The first-order valence-electron chi connectivity index (χ1n) is 4.70. The van der Waals surface area contributed by atoms with Crippen LogP contribution in [0.4, 0.5) is 0 Å². The fourth-order valence-electron chi connectivity index (χ4n) is 1.89. The lowest BCUT2D eigenvalue weighted by molar-refractivity contribution is -0.104. The van der Waals surface area contributed by atoms with Crippen LogP contribution in [0, 0.1) is 6.92 Å². The number of fused-ring (bicyclic) bond motifs is 1. The number of nitrogens with zero attached hydrogens (tertiary/aromatic N) is 1. The van der Waals surface area contributed by atoms with Gasteiger partial charge in [0.25, 0.3) is 0 Å². The fourth-order valence-corrected chi connectivity index (χ4v) is 1.89. The molecule has 2 aromatic rings. The summed E-state index contributed by atoms with van der Waals surface area (Å²) < 4.78 is 1.92. The molecular formula is C12H11NO2. The molecule has 0 amide bonds. The summed E-state index contributed by atoms with van der Waals surface area (Å²) >= 11 is 0. The minimum Gasteiger partial charge on any atom is -0.347 e. The Bertz CT molecular complexity index is 552. The number of ketones is 1. The van der Waals surface area contributed by atoms with Gasteiger partial charge in [0.05, 0.1) is 5.56 Å². The van der Waals surface area contributed by atoms with E-state index in [1.165, 1.54) is 0 Å². The Balaban J connectivity index is 2.89. The monoisotopic (exact) mass is 201 g/mol. The summed E-state index contributed by atoms with van der Waals surface area (Å²) in [7, 11) is 1.89. The van der Waals surface area contributed by atoms with Crippen molar-refractivity contribution in [2.24, 2.45) is 7.05 Å². The minimum absolute atomic E-state index is 0.370. The molecule has 76 valence electrons. The van der Waals surface area contributed by atoms with Crippen molar-refractivity contribution in [2.75, 3.05) is 0 Å². The molecule has 0 radical (unpaired) electrons. The number of rotatable bonds is 2. The largest absolute Gasteiger partial charge is 0.347 e. The summed E-state index contributed by atoms with van der Waals surface area (Å²) in [4.78, 5) is 22.0. The zero-order valence-electron chi connectivity index (χ0n) is 8.65.